The lowest BCUT2D eigenvalue weighted by Crippen LogP contribution is -2.25. The van der Waals surface area contributed by atoms with Gasteiger partial charge < -0.3 is 0 Å². The SMILES string of the molecule is C#CC1(Cl)C=CC=CC1C. The molecule has 0 radical (unpaired) electrons. The van der Waals surface area contributed by atoms with E-state index in [1.807, 2.05) is 31.2 Å². The van der Waals surface area contributed by atoms with Crippen LogP contribution in [0.3, 0.4) is 0 Å². The fraction of sp³-hybridized carbons (Fsp3) is 0.333. The van der Waals surface area contributed by atoms with Gasteiger partial charge in [0.15, 0.2) is 0 Å². The molecule has 0 saturated carbocycles. The van der Waals surface area contributed by atoms with Crippen LogP contribution in [0.25, 0.3) is 0 Å². The van der Waals surface area contributed by atoms with Crippen molar-refractivity contribution in [2.75, 3.05) is 0 Å². The van der Waals surface area contributed by atoms with Crippen LogP contribution in [-0.4, -0.2) is 4.87 Å². The van der Waals surface area contributed by atoms with Crippen molar-refractivity contribution in [2.24, 2.45) is 5.92 Å². The normalized spacial score (nSPS) is 37.5. The third kappa shape index (κ3) is 1.10. The summed E-state index contributed by atoms with van der Waals surface area (Å²) in [6.45, 7) is 2.01. The predicted octanol–water partition coefficient (Wildman–Crippen LogP) is 2.36. The average Bonchev–Trinajstić information content (AvgIpc) is 1.96. The number of hydrogen-bond donors (Lipinski definition) is 0. The van der Waals surface area contributed by atoms with Crippen molar-refractivity contribution < 1.29 is 0 Å². The summed E-state index contributed by atoms with van der Waals surface area (Å²) in [5.74, 6) is 2.78. The van der Waals surface area contributed by atoms with Crippen LogP contribution in [0.2, 0.25) is 0 Å². The lowest BCUT2D eigenvalue weighted by Gasteiger charge is -2.23. The zero-order chi connectivity index (χ0) is 7.61. The zero-order valence-electron chi connectivity index (χ0n) is 5.84. The van der Waals surface area contributed by atoms with Gasteiger partial charge >= 0.3 is 0 Å². The molecule has 1 aliphatic rings. The first-order chi connectivity index (χ1) is 4.69. The van der Waals surface area contributed by atoms with Crippen LogP contribution < -0.4 is 0 Å². The van der Waals surface area contributed by atoms with Gasteiger partial charge in [0.2, 0.25) is 0 Å². The van der Waals surface area contributed by atoms with E-state index in [-0.39, 0.29) is 5.92 Å². The molecule has 0 heterocycles. The lowest BCUT2D eigenvalue weighted by atomic mass is 9.90. The maximum atomic E-state index is 6.04. The van der Waals surface area contributed by atoms with Crippen LogP contribution in [0, 0.1) is 18.3 Å². The lowest BCUT2D eigenvalue weighted by molar-refractivity contribution is 0.657. The summed E-state index contributed by atoms with van der Waals surface area (Å²) < 4.78 is 0. The minimum absolute atomic E-state index is 0.226. The highest BCUT2D eigenvalue weighted by Crippen LogP contribution is 2.29. The Hall–Kier alpha value is -0.670. The highest BCUT2D eigenvalue weighted by Gasteiger charge is 2.27. The van der Waals surface area contributed by atoms with Crippen LogP contribution in [-0.2, 0) is 0 Å². The van der Waals surface area contributed by atoms with E-state index < -0.39 is 4.87 Å². The molecule has 0 aliphatic heterocycles. The Morgan fingerprint density at radius 3 is 2.70 bits per heavy atom. The molecule has 1 rings (SSSR count). The van der Waals surface area contributed by atoms with E-state index in [0.717, 1.165) is 0 Å². The standard InChI is InChI=1S/C9H9Cl/c1-3-9(10)7-5-4-6-8(9)2/h1,4-8H,2H3. The molecule has 0 aromatic rings. The van der Waals surface area contributed by atoms with Gasteiger partial charge in [0.05, 0.1) is 0 Å². The summed E-state index contributed by atoms with van der Waals surface area (Å²) >= 11 is 6.04. The van der Waals surface area contributed by atoms with Crippen LogP contribution in [0.5, 0.6) is 0 Å². The van der Waals surface area contributed by atoms with Gasteiger partial charge in [-0.25, -0.2) is 0 Å². The Balaban J connectivity index is 2.91. The van der Waals surface area contributed by atoms with Gasteiger partial charge in [-0.3, -0.25) is 0 Å². The van der Waals surface area contributed by atoms with E-state index in [2.05, 4.69) is 5.92 Å². The van der Waals surface area contributed by atoms with Crippen molar-refractivity contribution >= 4 is 11.6 Å². The Labute approximate surface area is 66.6 Å². The topological polar surface area (TPSA) is 0 Å². The van der Waals surface area contributed by atoms with Crippen LogP contribution in [0.15, 0.2) is 24.3 Å². The van der Waals surface area contributed by atoms with Crippen molar-refractivity contribution in [1.82, 2.24) is 0 Å². The minimum Gasteiger partial charge on any atom is -0.118 e. The van der Waals surface area contributed by atoms with E-state index in [1.165, 1.54) is 0 Å². The first-order valence-electron chi connectivity index (χ1n) is 3.22. The Morgan fingerprint density at radius 1 is 1.60 bits per heavy atom. The van der Waals surface area contributed by atoms with Crippen LogP contribution in [0.1, 0.15) is 6.92 Å². The second-order valence-corrected chi connectivity index (χ2v) is 3.07. The Kier molecular flexibility index (Phi) is 1.87. The molecule has 0 bridgehead atoms. The Morgan fingerprint density at radius 2 is 2.30 bits per heavy atom. The molecule has 0 fully saturated rings. The number of alkyl halides is 1. The molecular formula is C9H9Cl. The van der Waals surface area contributed by atoms with E-state index in [9.17, 15) is 0 Å². The molecule has 0 amide bonds. The summed E-state index contributed by atoms with van der Waals surface area (Å²) in [6.07, 6.45) is 13.0. The molecular weight excluding hydrogens is 144 g/mol. The van der Waals surface area contributed by atoms with Crippen molar-refractivity contribution in [3.8, 4) is 12.3 Å². The first kappa shape index (κ1) is 7.44. The van der Waals surface area contributed by atoms with E-state index in [4.69, 9.17) is 18.0 Å². The summed E-state index contributed by atoms with van der Waals surface area (Å²) in [5, 5.41) is 0. The molecule has 0 saturated heterocycles. The fourth-order valence-electron chi connectivity index (χ4n) is 0.898. The molecule has 0 aromatic heterocycles. The molecule has 0 spiro atoms. The summed E-state index contributed by atoms with van der Waals surface area (Å²) in [7, 11) is 0. The van der Waals surface area contributed by atoms with Crippen LogP contribution >= 0.6 is 11.6 Å². The quantitative estimate of drug-likeness (QED) is 0.369. The van der Waals surface area contributed by atoms with Gasteiger partial charge in [0.25, 0.3) is 0 Å². The largest absolute Gasteiger partial charge is 0.129 e. The average molecular weight is 153 g/mol. The first-order valence-corrected chi connectivity index (χ1v) is 3.59. The van der Waals surface area contributed by atoms with E-state index >= 15 is 0 Å². The van der Waals surface area contributed by atoms with E-state index in [0.29, 0.717) is 0 Å². The maximum absolute atomic E-state index is 6.04. The monoisotopic (exact) mass is 152 g/mol. The minimum atomic E-state index is -0.589. The second kappa shape index (κ2) is 2.52. The summed E-state index contributed by atoms with van der Waals surface area (Å²) in [4.78, 5) is -0.589. The number of terminal acetylenes is 1. The van der Waals surface area contributed by atoms with Gasteiger partial charge in [-0.2, -0.15) is 0 Å². The van der Waals surface area contributed by atoms with E-state index in [1.54, 1.807) is 0 Å². The zero-order valence-corrected chi connectivity index (χ0v) is 6.60. The molecule has 2 unspecified atom stereocenters. The highest BCUT2D eigenvalue weighted by atomic mass is 35.5. The smallest absolute Gasteiger partial charge is 0.118 e. The van der Waals surface area contributed by atoms with Gasteiger partial charge in [-0.1, -0.05) is 48.7 Å². The van der Waals surface area contributed by atoms with Crippen molar-refractivity contribution in [2.45, 2.75) is 11.8 Å². The molecule has 0 aromatic carbocycles. The van der Waals surface area contributed by atoms with Gasteiger partial charge in [0.1, 0.15) is 4.87 Å². The van der Waals surface area contributed by atoms with Crippen molar-refractivity contribution in [3.05, 3.63) is 24.3 Å². The fourth-order valence-corrected chi connectivity index (χ4v) is 1.04. The molecule has 1 aliphatic carbocycles. The third-order valence-corrected chi connectivity index (χ3v) is 2.31. The molecule has 0 nitrogen and oxygen atoms in total. The molecule has 52 valence electrons. The third-order valence-electron chi connectivity index (χ3n) is 1.73. The number of allylic oxidation sites excluding steroid dienone is 4. The Bertz CT molecular complexity index is 219. The molecule has 10 heavy (non-hydrogen) atoms. The van der Waals surface area contributed by atoms with Crippen LogP contribution in [0.4, 0.5) is 0 Å². The number of halogens is 1. The highest BCUT2D eigenvalue weighted by molar-refractivity contribution is 6.27. The second-order valence-electron chi connectivity index (χ2n) is 2.45. The predicted molar refractivity (Wildman–Crippen MR) is 44.9 cm³/mol. The molecule has 2 atom stereocenters. The van der Waals surface area contributed by atoms with Gasteiger partial charge in [-0.15, -0.1) is 6.42 Å². The van der Waals surface area contributed by atoms with Crippen molar-refractivity contribution in [3.63, 3.8) is 0 Å². The summed E-state index contributed by atoms with van der Waals surface area (Å²) in [5.41, 5.74) is 0. The summed E-state index contributed by atoms with van der Waals surface area (Å²) in [6, 6.07) is 0. The number of rotatable bonds is 0. The van der Waals surface area contributed by atoms with Crippen molar-refractivity contribution in [1.29, 1.82) is 0 Å². The van der Waals surface area contributed by atoms with Gasteiger partial charge in [-0.05, 0) is 0 Å². The molecule has 1 heteroatoms. The molecule has 0 N–H and O–H groups in total. The maximum Gasteiger partial charge on any atom is 0.129 e. The number of hydrogen-bond acceptors (Lipinski definition) is 0. The van der Waals surface area contributed by atoms with Gasteiger partial charge in [0, 0.05) is 5.92 Å².